The summed E-state index contributed by atoms with van der Waals surface area (Å²) in [5, 5.41) is 3.60. The minimum atomic E-state index is -0.297. The molecule has 0 aliphatic rings. The molecule has 2 aromatic carbocycles. The molecule has 0 fully saturated rings. The Morgan fingerprint density at radius 1 is 1.16 bits per heavy atom. The smallest absolute Gasteiger partial charge is 0.248 e. The first kappa shape index (κ1) is 19.2. The molecule has 0 aliphatic carbocycles. The fraction of sp³-hybridized carbons (Fsp3) is 0.211. The summed E-state index contributed by atoms with van der Waals surface area (Å²) in [6.45, 7) is 2.66. The van der Waals surface area contributed by atoms with Crippen molar-refractivity contribution in [3.63, 3.8) is 0 Å². The third-order valence-electron chi connectivity index (χ3n) is 3.27. The molecule has 0 atom stereocenters. The minimum Gasteiger partial charge on any atom is -0.493 e. The van der Waals surface area contributed by atoms with Crippen molar-refractivity contribution in [2.45, 2.75) is 13.3 Å². The Morgan fingerprint density at radius 3 is 2.64 bits per heavy atom. The van der Waals surface area contributed by atoms with Crippen molar-refractivity contribution in [1.29, 1.82) is 0 Å². The Balaban J connectivity index is 2.06. The lowest BCUT2D eigenvalue weighted by atomic mass is 10.2. The number of carbonyl (C=O) groups is 1. The largest absolute Gasteiger partial charge is 0.493 e. The van der Waals surface area contributed by atoms with Gasteiger partial charge in [0.15, 0.2) is 11.5 Å². The van der Waals surface area contributed by atoms with Crippen LogP contribution >= 0.6 is 23.2 Å². The van der Waals surface area contributed by atoms with E-state index in [2.05, 4.69) is 5.32 Å². The number of amides is 1. The molecule has 0 heterocycles. The van der Waals surface area contributed by atoms with Crippen LogP contribution in [0.5, 0.6) is 11.5 Å². The van der Waals surface area contributed by atoms with Crippen LogP contribution in [0.4, 0.5) is 5.69 Å². The van der Waals surface area contributed by atoms with Gasteiger partial charge in [0.1, 0.15) is 0 Å². The molecule has 0 bridgehead atoms. The molecule has 0 spiro atoms. The van der Waals surface area contributed by atoms with Crippen molar-refractivity contribution in [3.8, 4) is 11.5 Å². The minimum absolute atomic E-state index is 0.297. The van der Waals surface area contributed by atoms with Gasteiger partial charge < -0.3 is 14.8 Å². The van der Waals surface area contributed by atoms with Crippen molar-refractivity contribution < 1.29 is 14.3 Å². The highest BCUT2D eigenvalue weighted by atomic mass is 35.5. The Morgan fingerprint density at radius 2 is 1.96 bits per heavy atom. The first-order valence-corrected chi connectivity index (χ1v) is 8.54. The first-order chi connectivity index (χ1) is 12.0. The second-order valence-corrected chi connectivity index (χ2v) is 6.05. The lowest BCUT2D eigenvalue weighted by Gasteiger charge is -2.10. The van der Waals surface area contributed by atoms with E-state index in [0.717, 1.165) is 12.0 Å². The third kappa shape index (κ3) is 5.69. The zero-order valence-electron chi connectivity index (χ0n) is 14.0. The number of nitrogens with one attached hydrogen (secondary N) is 1. The zero-order valence-corrected chi connectivity index (χ0v) is 15.5. The number of methoxy groups -OCH3 is 1. The van der Waals surface area contributed by atoms with Crippen molar-refractivity contribution in [2.75, 3.05) is 19.0 Å². The number of ether oxygens (including phenoxy) is 2. The van der Waals surface area contributed by atoms with E-state index >= 15 is 0 Å². The van der Waals surface area contributed by atoms with Gasteiger partial charge in [0.2, 0.25) is 5.91 Å². The first-order valence-electron chi connectivity index (χ1n) is 7.78. The number of benzene rings is 2. The van der Waals surface area contributed by atoms with Gasteiger partial charge in [-0.15, -0.1) is 0 Å². The Kier molecular flexibility index (Phi) is 7.16. The monoisotopic (exact) mass is 379 g/mol. The van der Waals surface area contributed by atoms with Gasteiger partial charge in [0.25, 0.3) is 0 Å². The molecule has 0 aliphatic heterocycles. The number of hydrogen-bond donors (Lipinski definition) is 1. The highest BCUT2D eigenvalue weighted by Gasteiger charge is 2.06. The average Bonchev–Trinajstić information content (AvgIpc) is 2.60. The molecule has 25 heavy (non-hydrogen) atoms. The molecular weight excluding hydrogens is 361 g/mol. The number of carbonyl (C=O) groups excluding carboxylic acids is 1. The fourth-order valence-corrected chi connectivity index (χ4v) is 2.51. The highest BCUT2D eigenvalue weighted by molar-refractivity contribution is 6.36. The van der Waals surface area contributed by atoms with Crippen LogP contribution < -0.4 is 14.8 Å². The van der Waals surface area contributed by atoms with Crippen LogP contribution in [0.25, 0.3) is 6.08 Å². The maximum absolute atomic E-state index is 12.0. The topological polar surface area (TPSA) is 47.6 Å². The average molecular weight is 380 g/mol. The van der Waals surface area contributed by atoms with Crippen molar-refractivity contribution >= 4 is 40.9 Å². The van der Waals surface area contributed by atoms with E-state index in [1.54, 1.807) is 31.4 Å². The molecule has 2 rings (SSSR count). The summed E-state index contributed by atoms with van der Waals surface area (Å²) in [5.41, 5.74) is 1.32. The third-order valence-corrected chi connectivity index (χ3v) is 3.81. The van der Waals surface area contributed by atoms with Crippen molar-refractivity contribution in [1.82, 2.24) is 0 Å². The summed E-state index contributed by atoms with van der Waals surface area (Å²) in [6, 6.07) is 10.4. The second-order valence-electron chi connectivity index (χ2n) is 5.21. The zero-order chi connectivity index (χ0) is 18.2. The van der Waals surface area contributed by atoms with E-state index in [1.165, 1.54) is 6.08 Å². The van der Waals surface area contributed by atoms with E-state index in [1.807, 2.05) is 25.1 Å². The maximum Gasteiger partial charge on any atom is 0.248 e. The standard InChI is InChI=1S/C19H19Cl2NO3/c1-3-10-25-17-8-4-13(11-18(17)24-2)5-9-19(23)22-16-7-6-14(20)12-15(16)21/h4-9,11-12H,3,10H2,1-2H3,(H,22,23). The normalized spacial score (nSPS) is 10.7. The maximum atomic E-state index is 12.0. The van der Waals surface area contributed by atoms with Gasteiger partial charge in [-0.05, 0) is 48.4 Å². The molecule has 2 aromatic rings. The number of halogens is 2. The summed E-state index contributed by atoms with van der Waals surface area (Å²) >= 11 is 11.9. The Labute approximate surface area is 157 Å². The van der Waals surface area contributed by atoms with Crippen LogP contribution in [-0.4, -0.2) is 19.6 Å². The quantitative estimate of drug-likeness (QED) is 0.651. The number of anilines is 1. The van der Waals surface area contributed by atoms with Crippen LogP contribution in [0.3, 0.4) is 0 Å². The number of rotatable bonds is 7. The van der Waals surface area contributed by atoms with Crippen molar-refractivity contribution in [2.24, 2.45) is 0 Å². The van der Waals surface area contributed by atoms with Gasteiger partial charge in [0.05, 0.1) is 24.4 Å². The van der Waals surface area contributed by atoms with Gasteiger partial charge in [-0.25, -0.2) is 0 Å². The molecule has 6 heteroatoms. The van der Waals surface area contributed by atoms with Crippen LogP contribution in [-0.2, 0) is 4.79 Å². The van der Waals surface area contributed by atoms with Crippen molar-refractivity contribution in [3.05, 3.63) is 58.1 Å². The lowest BCUT2D eigenvalue weighted by Crippen LogP contribution is -2.08. The van der Waals surface area contributed by atoms with Crippen LogP contribution in [0, 0.1) is 0 Å². The molecule has 132 valence electrons. The van der Waals surface area contributed by atoms with Crippen LogP contribution in [0.2, 0.25) is 10.0 Å². The van der Waals surface area contributed by atoms with Gasteiger partial charge in [-0.3, -0.25) is 4.79 Å². The predicted octanol–water partition coefficient (Wildman–Crippen LogP) is 5.44. The van der Waals surface area contributed by atoms with E-state index in [0.29, 0.717) is 33.8 Å². The SMILES string of the molecule is CCCOc1ccc(C=CC(=O)Nc2ccc(Cl)cc2Cl)cc1OC. The molecule has 0 radical (unpaired) electrons. The summed E-state index contributed by atoms with van der Waals surface area (Å²) < 4.78 is 10.9. The fourth-order valence-electron chi connectivity index (χ4n) is 2.06. The molecule has 4 nitrogen and oxygen atoms in total. The predicted molar refractivity (Wildman–Crippen MR) is 103 cm³/mol. The molecule has 1 amide bonds. The molecule has 1 N–H and O–H groups in total. The Bertz CT molecular complexity index is 775. The molecule has 0 saturated carbocycles. The van der Waals surface area contributed by atoms with Gasteiger partial charge in [0, 0.05) is 11.1 Å². The highest BCUT2D eigenvalue weighted by Crippen LogP contribution is 2.29. The molecule has 0 unspecified atom stereocenters. The lowest BCUT2D eigenvalue weighted by molar-refractivity contribution is -0.111. The Hall–Kier alpha value is -2.17. The summed E-state index contributed by atoms with van der Waals surface area (Å²) in [5.74, 6) is 1.00. The van der Waals surface area contributed by atoms with Gasteiger partial charge in [-0.1, -0.05) is 36.2 Å². The summed E-state index contributed by atoms with van der Waals surface area (Å²) in [4.78, 5) is 12.0. The van der Waals surface area contributed by atoms with E-state index in [-0.39, 0.29) is 5.91 Å². The number of hydrogen-bond acceptors (Lipinski definition) is 3. The van der Waals surface area contributed by atoms with E-state index < -0.39 is 0 Å². The molecule has 0 aromatic heterocycles. The molecular formula is C19H19Cl2NO3. The van der Waals surface area contributed by atoms with Crippen LogP contribution in [0.1, 0.15) is 18.9 Å². The van der Waals surface area contributed by atoms with Gasteiger partial charge >= 0.3 is 0 Å². The van der Waals surface area contributed by atoms with E-state index in [4.69, 9.17) is 32.7 Å². The second kappa shape index (κ2) is 9.35. The van der Waals surface area contributed by atoms with E-state index in [9.17, 15) is 4.79 Å². The summed E-state index contributed by atoms with van der Waals surface area (Å²) in [6.07, 6.45) is 4.02. The summed E-state index contributed by atoms with van der Waals surface area (Å²) in [7, 11) is 1.58. The molecule has 0 saturated heterocycles. The van der Waals surface area contributed by atoms with Gasteiger partial charge in [-0.2, -0.15) is 0 Å². The van der Waals surface area contributed by atoms with Crippen LogP contribution in [0.15, 0.2) is 42.5 Å².